The molecule has 7 nitrogen and oxygen atoms in total. The van der Waals surface area contributed by atoms with Crippen molar-refractivity contribution in [2.24, 2.45) is 0 Å². The molecule has 1 fully saturated rings. The lowest BCUT2D eigenvalue weighted by molar-refractivity contribution is -0.139. The minimum absolute atomic E-state index is 0.0496. The van der Waals surface area contributed by atoms with Crippen LogP contribution in [0.1, 0.15) is 18.1 Å². The molecular formula is C20H22N4O3. The fourth-order valence-corrected chi connectivity index (χ4v) is 3.06. The zero-order valence-electron chi connectivity index (χ0n) is 15.3. The summed E-state index contributed by atoms with van der Waals surface area (Å²) in [6.45, 7) is 2.25. The van der Waals surface area contributed by atoms with Gasteiger partial charge in [0, 0.05) is 6.54 Å². The van der Waals surface area contributed by atoms with Crippen LogP contribution >= 0.6 is 0 Å². The molecule has 0 spiro atoms. The van der Waals surface area contributed by atoms with Crippen molar-refractivity contribution in [3.8, 4) is 0 Å². The van der Waals surface area contributed by atoms with Crippen LogP contribution in [0, 0.1) is 0 Å². The summed E-state index contributed by atoms with van der Waals surface area (Å²) in [7, 11) is 1.80. The minimum atomic E-state index is -1.21. The van der Waals surface area contributed by atoms with E-state index in [1.807, 2.05) is 36.4 Å². The van der Waals surface area contributed by atoms with E-state index in [4.69, 9.17) is 0 Å². The Hall–Kier alpha value is -3.19. The van der Waals surface area contributed by atoms with Crippen LogP contribution in [0.5, 0.6) is 0 Å². The fraction of sp³-hybridized carbons (Fsp3) is 0.250. The molecule has 4 amide bonds. The number of amides is 4. The third kappa shape index (κ3) is 3.98. The number of benzene rings is 2. The average molecular weight is 366 g/mol. The van der Waals surface area contributed by atoms with Crippen LogP contribution in [0.4, 0.5) is 4.79 Å². The molecule has 1 heterocycles. The van der Waals surface area contributed by atoms with Gasteiger partial charge in [-0.25, -0.2) is 4.79 Å². The van der Waals surface area contributed by atoms with Crippen LogP contribution in [0.25, 0.3) is 0 Å². The molecule has 0 aliphatic carbocycles. The number of hydrogen-bond donors (Lipinski definition) is 2. The highest BCUT2D eigenvalue weighted by atomic mass is 16.2. The van der Waals surface area contributed by atoms with E-state index in [2.05, 4.69) is 10.7 Å². The van der Waals surface area contributed by atoms with Gasteiger partial charge in [-0.05, 0) is 25.1 Å². The van der Waals surface area contributed by atoms with Gasteiger partial charge in [-0.1, -0.05) is 60.7 Å². The number of nitrogens with zero attached hydrogens (tertiary/aromatic N) is 2. The largest absolute Gasteiger partial charge is 0.344 e. The second-order valence-corrected chi connectivity index (χ2v) is 6.75. The molecule has 140 valence electrons. The summed E-state index contributed by atoms with van der Waals surface area (Å²) < 4.78 is 0. The van der Waals surface area contributed by atoms with E-state index >= 15 is 0 Å². The molecule has 1 aliphatic heterocycles. The van der Waals surface area contributed by atoms with E-state index in [-0.39, 0.29) is 6.54 Å². The van der Waals surface area contributed by atoms with E-state index in [0.29, 0.717) is 12.1 Å². The summed E-state index contributed by atoms with van der Waals surface area (Å²) in [6, 6.07) is 18.0. The molecule has 2 aromatic rings. The lowest BCUT2D eigenvalue weighted by Crippen LogP contribution is -2.50. The number of carbonyl (C=O) groups excluding carboxylic acids is 3. The van der Waals surface area contributed by atoms with Crippen molar-refractivity contribution in [1.82, 2.24) is 20.7 Å². The van der Waals surface area contributed by atoms with E-state index in [0.717, 1.165) is 10.6 Å². The molecule has 0 radical (unpaired) electrons. The molecule has 1 aliphatic rings. The molecule has 2 N–H and O–H groups in total. The highest BCUT2D eigenvalue weighted by Gasteiger charge is 2.49. The molecule has 3 rings (SSSR count). The van der Waals surface area contributed by atoms with E-state index in [1.54, 1.807) is 43.1 Å². The standard InChI is InChI=1S/C20H22N4O3/c1-20(16-11-7-4-8-12-16)18(26)24(19(27)21-20)22-17(25)14-23(2)13-15-9-5-3-6-10-15/h3-12H,13-14H2,1-2H3,(H,21,27)(H,22,25)/t20-/m0/s1. The summed E-state index contributed by atoms with van der Waals surface area (Å²) in [5.74, 6) is -0.952. The van der Waals surface area contributed by atoms with E-state index in [1.165, 1.54) is 0 Å². The number of hydrogen-bond acceptors (Lipinski definition) is 4. The Labute approximate surface area is 157 Å². The zero-order valence-corrected chi connectivity index (χ0v) is 15.3. The number of imide groups is 1. The third-order valence-corrected chi connectivity index (χ3v) is 4.49. The smallest absolute Gasteiger partial charge is 0.318 e. The normalized spacial score (nSPS) is 19.3. The highest BCUT2D eigenvalue weighted by Crippen LogP contribution is 2.27. The Bertz CT molecular complexity index is 841. The molecule has 0 unspecified atom stereocenters. The van der Waals surface area contributed by atoms with Crippen LogP contribution < -0.4 is 10.7 Å². The van der Waals surface area contributed by atoms with Crippen LogP contribution in [0.3, 0.4) is 0 Å². The Morgan fingerprint density at radius 1 is 1.07 bits per heavy atom. The molecule has 0 saturated carbocycles. The molecule has 7 heteroatoms. The molecule has 1 atom stereocenters. The second-order valence-electron chi connectivity index (χ2n) is 6.75. The van der Waals surface area contributed by atoms with Gasteiger partial charge in [0.2, 0.25) is 0 Å². The maximum absolute atomic E-state index is 12.8. The number of hydrazine groups is 1. The lowest BCUT2D eigenvalue weighted by atomic mass is 9.92. The Morgan fingerprint density at radius 2 is 1.67 bits per heavy atom. The zero-order chi connectivity index (χ0) is 19.4. The van der Waals surface area contributed by atoms with Gasteiger partial charge in [-0.3, -0.25) is 19.9 Å². The molecule has 0 aromatic heterocycles. The number of carbonyl (C=O) groups is 3. The second kappa shape index (κ2) is 7.59. The number of likely N-dealkylation sites (N-methyl/N-ethyl adjacent to an activating group) is 1. The first-order chi connectivity index (χ1) is 12.9. The van der Waals surface area contributed by atoms with Gasteiger partial charge in [0.15, 0.2) is 0 Å². The van der Waals surface area contributed by atoms with Gasteiger partial charge >= 0.3 is 6.03 Å². The topological polar surface area (TPSA) is 81.8 Å². The molecule has 27 heavy (non-hydrogen) atoms. The van der Waals surface area contributed by atoms with Crippen molar-refractivity contribution in [3.63, 3.8) is 0 Å². The van der Waals surface area contributed by atoms with Crippen molar-refractivity contribution in [2.75, 3.05) is 13.6 Å². The van der Waals surface area contributed by atoms with Crippen LogP contribution in [0.2, 0.25) is 0 Å². The summed E-state index contributed by atoms with van der Waals surface area (Å²) >= 11 is 0. The third-order valence-electron chi connectivity index (χ3n) is 4.49. The SMILES string of the molecule is CN(CC(=O)NN1C(=O)N[C@@](C)(c2ccccc2)C1=O)Cc1ccccc1. The van der Waals surface area contributed by atoms with Gasteiger partial charge in [-0.15, -0.1) is 0 Å². The summed E-state index contributed by atoms with van der Waals surface area (Å²) in [4.78, 5) is 39.1. The monoisotopic (exact) mass is 366 g/mol. The summed E-state index contributed by atoms with van der Waals surface area (Å²) in [5.41, 5.74) is 2.93. The first kappa shape index (κ1) is 18.6. The quantitative estimate of drug-likeness (QED) is 0.761. The number of rotatable bonds is 6. The van der Waals surface area contributed by atoms with Crippen LogP contribution in [-0.2, 0) is 21.7 Å². The van der Waals surface area contributed by atoms with Gasteiger partial charge in [0.05, 0.1) is 6.54 Å². The minimum Gasteiger partial charge on any atom is -0.318 e. The molecular weight excluding hydrogens is 344 g/mol. The number of nitrogens with one attached hydrogen (secondary N) is 2. The fourth-order valence-electron chi connectivity index (χ4n) is 3.06. The molecule has 1 saturated heterocycles. The van der Waals surface area contributed by atoms with Crippen LogP contribution in [-0.4, -0.2) is 41.3 Å². The van der Waals surface area contributed by atoms with Crippen molar-refractivity contribution < 1.29 is 14.4 Å². The predicted octanol–water partition coefficient (Wildman–Crippen LogP) is 1.62. The maximum Gasteiger partial charge on any atom is 0.344 e. The van der Waals surface area contributed by atoms with Crippen molar-refractivity contribution in [2.45, 2.75) is 19.0 Å². The van der Waals surface area contributed by atoms with Crippen molar-refractivity contribution in [3.05, 3.63) is 71.8 Å². The summed E-state index contributed by atoms with van der Waals surface area (Å²) in [6.07, 6.45) is 0. The Morgan fingerprint density at radius 3 is 2.30 bits per heavy atom. The Kier molecular flexibility index (Phi) is 5.23. The highest BCUT2D eigenvalue weighted by molar-refractivity contribution is 6.08. The predicted molar refractivity (Wildman–Crippen MR) is 100 cm³/mol. The lowest BCUT2D eigenvalue weighted by Gasteiger charge is -2.22. The van der Waals surface area contributed by atoms with Gasteiger partial charge in [0.1, 0.15) is 5.54 Å². The first-order valence-corrected chi connectivity index (χ1v) is 8.64. The molecule has 0 bridgehead atoms. The van der Waals surface area contributed by atoms with Crippen LogP contribution in [0.15, 0.2) is 60.7 Å². The Balaban J connectivity index is 1.62. The van der Waals surface area contributed by atoms with Gasteiger partial charge < -0.3 is 5.32 Å². The summed E-state index contributed by atoms with van der Waals surface area (Å²) in [5, 5.41) is 3.41. The van der Waals surface area contributed by atoms with Crippen molar-refractivity contribution in [1.29, 1.82) is 0 Å². The van der Waals surface area contributed by atoms with E-state index < -0.39 is 23.4 Å². The van der Waals surface area contributed by atoms with E-state index in [9.17, 15) is 14.4 Å². The first-order valence-electron chi connectivity index (χ1n) is 8.64. The van der Waals surface area contributed by atoms with Gasteiger partial charge in [-0.2, -0.15) is 5.01 Å². The molecule has 2 aromatic carbocycles. The number of urea groups is 1. The van der Waals surface area contributed by atoms with Gasteiger partial charge in [0.25, 0.3) is 11.8 Å². The van der Waals surface area contributed by atoms with Crippen molar-refractivity contribution >= 4 is 17.8 Å². The maximum atomic E-state index is 12.8. The average Bonchev–Trinajstić information content (AvgIpc) is 2.87.